The van der Waals surface area contributed by atoms with E-state index < -0.39 is 23.4 Å². The van der Waals surface area contributed by atoms with E-state index in [0.29, 0.717) is 32.5 Å². The third-order valence-corrected chi connectivity index (χ3v) is 5.00. The lowest BCUT2D eigenvalue weighted by Gasteiger charge is -2.32. The van der Waals surface area contributed by atoms with E-state index in [0.717, 1.165) is 0 Å². The van der Waals surface area contributed by atoms with Crippen molar-refractivity contribution in [3.63, 3.8) is 0 Å². The van der Waals surface area contributed by atoms with E-state index in [1.807, 2.05) is 0 Å². The van der Waals surface area contributed by atoms with Gasteiger partial charge in [0.05, 0.1) is 10.6 Å². The fraction of sp³-hybridized carbons (Fsp3) is 0.571. The largest absolute Gasteiger partial charge is 0.444 e. The molecule has 1 saturated heterocycles. The molecule has 30 heavy (non-hydrogen) atoms. The van der Waals surface area contributed by atoms with E-state index in [1.165, 1.54) is 18.2 Å². The molecular formula is C21H29ClFN3O4. The molecule has 0 radical (unpaired) electrons. The molecule has 0 aliphatic carbocycles. The van der Waals surface area contributed by atoms with Crippen LogP contribution in [0, 0.1) is 11.7 Å². The van der Waals surface area contributed by atoms with Crippen molar-refractivity contribution >= 4 is 29.5 Å². The lowest BCUT2D eigenvalue weighted by molar-refractivity contribution is -0.121. The molecule has 1 heterocycles. The van der Waals surface area contributed by atoms with Gasteiger partial charge in [0.2, 0.25) is 5.91 Å². The molecule has 166 valence electrons. The highest BCUT2D eigenvalue weighted by Crippen LogP contribution is 2.24. The number of nitrogens with one attached hydrogen (secondary N) is 2. The maximum absolute atomic E-state index is 14.0. The van der Waals surface area contributed by atoms with Gasteiger partial charge < -0.3 is 20.3 Å². The summed E-state index contributed by atoms with van der Waals surface area (Å²) >= 11 is 5.98. The minimum Gasteiger partial charge on any atom is -0.444 e. The number of rotatable bonds is 6. The van der Waals surface area contributed by atoms with E-state index >= 15 is 0 Å². The van der Waals surface area contributed by atoms with Gasteiger partial charge in [-0.15, -0.1) is 0 Å². The molecule has 1 aromatic carbocycles. The second-order valence-corrected chi connectivity index (χ2v) is 8.72. The Morgan fingerprint density at radius 3 is 2.47 bits per heavy atom. The van der Waals surface area contributed by atoms with Crippen molar-refractivity contribution in [3.05, 3.63) is 34.6 Å². The van der Waals surface area contributed by atoms with Crippen LogP contribution < -0.4 is 10.6 Å². The molecule has 0 atom stereocenters. The minimum absolute atomic E-state index is 0.0941. The highest BCUT2D eigenvalue weighted by molar-refractivity contribution is 6.33. The predicted octanol–water partition coefficient (Wildman–Crippen LogP) is 3.36. The lowest BCUT2D eigenvalue weighted by atomic mass is 9.96. The summed E-state index contributed by atoms with van der Waals surface area (Å²) in [5, 5.41) is 5.50. The Bertz CT molecular complexity index is 754. The van der Waals surface area contributed by atoms with Crippen LogP contribution >= 0.6 is 11.6 Å². The molecule has 0 saturated carbocycles. The van der Waals surface area contributed by atoms with Crippen molar-refractivity contribution in [1.29, 1.82) is 0 Å². The summed E-state index contributed by atoms with van der Waals surface area (Å²) < 4.78 is 19.1. The summed E-state index contributed by atoms with van der Waals surface area (Å²) in [6, 6.07) is 4.18. The molecular weight excluding hydrogens is 413 g/mol. The van der Waals surface area contributed by atoms with E-state index in [2.05, 4.69) is 10.6 Å². The number of ether oxygens (including phenoxy) is 1. The van der Waals surface area contributed by atoms with E-state index in [9.17, 15) is 18.8 Å². The summed E-state index contributed by atoms with van der Waals surface area (Å²) in [4.78, 5) is 37.7. The molecule has 3 amide bonds. The van der Waals surface area contributed by atoms with Gasteiger partial charge in [-0.05, 0) is 51.7 Å². The summed E-state index contributed by atoms with van der Waals surface area (Å²) in [5.41, 5.74) is -0.677. The minimum atomic E-state index is -0.623. The fourth-order valence-electron chi connectivity index (χ4n) is 3.14. The van der Waals surface area contributed by atoms with Crippen LogP contribution in [0.2, 0.25) is 5.02 Å². The number of halogens is 2. The Morgan fingerprint density at radius 2 is 1.87 bits per heavy atom. The van der Waals surface area contributed by atoms with Gasteiger partial charge in [0.25, 0.3) is 5.91 Å². The molecule has 1 fully saturated rings. The lowest BCUT2D eigenvalue weighted by Crippen LogP contribution is -2.42. The number of likely N-dealkylation sites (tertiary alicyclic amines) is 1. The van der Waals surface area contributed by atoms with Crippen molar-refractivity contribution in [1.82, 2.24) is 15.5 Å². The van der Waals surface area contributed by atoms with E-state index in [-0.39, 0.29) is 35.4 Å². The maximum Gasteiger partial charge on any atom is 0.407 e. The van der Waals surface area contributed by atoms with E-state index in [1.54, 1.807) is 25.7 Å². The first kappa shape index (κ1) is 23.9. The number of carbonyl (C=O) groups excluding carboxylic acids is 3. The number of piperidine rings is 1. The van der Waals surface area contributed by atoms with Crippen molar-refractivity contribution < 1.29 is 23.5 Å². The summed E-state index contributed by atoms with van der Waals surface area (Å²) in [6.45, 7) is 6.94. The van der Waals surface area contributed by atoms with E-state index in [4.69, 9.17) is 16.3 Å². The number of hydrogen-bond acceptors (Lipinski definition) is 4. The van der Waals surface area contributed by atoms with Crippen LogP contribution in [0.3, 0.4) is 0 Å². The zero-order valence-electron chi connectivity index (χ0n) is 17.6. The summed E-state index contributed by atoms with van der Waals surface area (Å²) in [5.74, 6) is -0.966. The van der Waals surface area contributed by atoms with Crippen LogP contribution in [0.5, 0.6) is 0 Å². The third kappa shape index (κ3) is 7.48. The Morgan fingerprint density at radius 1 is 1.20 bits per heavy atom. The van der Waals surface area contributed by atoms with Crippen LogP contribution in [0.4, 0.5) is 9.18 Å². The molecule has 7 nitrogen and oxygen atoms in total. The Hall–Kier alpha value is -2.35. The third-order valence-electron chi connectivity index (χ3n) is 4.69. The average Bonchev–Trinajstić information content (AvgIpc) is 2.65. The predicted molar refractivity (Wildman–Crippen MR) is 112 cm³/mol. The SMILES string of the molecule is CC(C)(C)OC(=O)NCCC(=O)NCC1CCN(C(=O)c2c(F)cccc2Cl)CC1. The summed E-state index contributed by atoms with van der Waals surface area (Å²) in [7, 11) is 0. The molecule has 0 aromatic heterocycles. The van der Waals surface area contributed by atoms with Crippen LogP contribution in [-0.2, 0) is 9.53 Å². The Kier molecular flexibility index (Phi) is 8.46. The molecule has 2 N–H and O–H groups in total. The number of benzene rings is 1. The van der Waals surface area contributed by atoms with Crippen molar-refractivity contribution in [2.24, 2.45) is 5.92 Å². The quantitative estimate of drug-likeness (QED) is 0.708. The van der Waals surface area contributed by atoms with Crippen molar-refractivity contribution in [2.75, 3.05) is 26.2 Å². The van der Waals surface area contributed by atoms with Gasteiger partial charge in [-0.2, -0.15) is 0 Å². The van der Waals surface area contributed by atoms with Crippen LogP contribution in [-0.4, -0.2) is 54.6 Å². The maximum atomic E-state index is 14.0. The first-order chi connectivity index (χ1) is 14.1. The molecule has 1 aliphatic rings. The zero-order valence-corrected chi connectivity index (χ0v) is 18.4. The summed E-state index contributed by atoms with van der Waals surface area (Å²) in [6.07, 6.45) is 1.01. The van der Waals surface area contributed by atoms with Crippen LogP contribution in [0.15, 0.2) is 18.2 Å². The monoisotopic (exact) mass is 441 g/mol. The van der Waals surface area contributed by atoms with Gasteiger partial charge in [0.15, 0.2) is 0 Å². The van der Waals surface area contributed by atoms with Crippen LogP contribution in [0.1, 0.15) is 50.4 Å². The highest BCUT2D eigenvalue weighted by atomic mass is 35.5. The first-order valence-corrected chi connectivity index (χ1v) is 10.4. The molecule has 0 spiro atoms. The topological polar surface area (TPSA) is 87.7 Å². The molecule has 2 rings (SSSR count). The molecule has 9 heteroatoms. The zero-order chi connectivity index (χ0) is 22.3. The molecule has 1 aliphatic heterocycles. The number of hydrogen-bond donors (Lipinski definition) is 2. The highest BCUT2D eigenvalue weighted by Gasteiger charge is 2.27. The molecule has 0 unspecified atom stereocenters. The van der Waals surface area contributed by atoms with Gasteiger partial charge in [0.1, 0.15) is 11.4 Å². The number of carbonyl (C=O) groups is 3. The van der Waals surface area contributed by atoms with Gasteiger partial charge >= 0.3 is 6.09 Å². The number of alkyl carbamates (subject to hydrolysis) is 1. The Balaban J connectivity index is 1.68. The number of amides is 3. The Labute approximate surface area is 181 Å². The second-order valence-electron chi connectivity index (χ2n) is 8.31. The fourth-order valence-corrected chi connectivity index (χ4v) is 3.38. The van der Waals surface area contributed by atoms with Gasteiger partial charge in [-0.3, -0.25) is 9.59 Å². The molecule has 1 aromatic rings. The van der Waals surface area contributed by atoms with Crippen molar-refractivity contribution in [2.45, 2.75) is 45.6 Å². The van der Waals surface area contributed by atoms with Gasteiger partial charge in [-0.25, -0.2) is 9.18 Å². The normalized spacial score (nSPS) is 14.9. The van der Waals surface area contributed by atoms with Crippen LogP contribution in [0.25, 0.3) is 0 Å². The number of nitrogens with zero attached hydrogens (tertiary/aromatic N) is 1. The standard InChI is InChI=1S/C21H29ClFN3O4/c1-21(2,3)30-20(29)24-10-7-17(27)25-13-14-8-11-26(12-9-14)19(28)18-15(22)5-4-6-16(18)23/h4-6,14H,7-13H2,1-3H3,(H,24,29)(H,25,27). The smallest absolute Gasteiger partial charge is 0.407 e. The van der Waals surface area contributed by atoms with Gasteiger partial charge in [-0.1, -0.05) is 17.7 Å². The molecule has 0 bridgehead atoms. The second kappa shape index (κ2) is 10.6. The first-order valence-electron chi connectivity index (χ1n) is 10.0. The van der Waals surface area contributed by atoms with Gasteiger partial charge in [0, 0.05) is 32.6 Å². The average molecular weight is 442 g/mol. The van der Waals surface area contributed by atoms with Crippen molar-refractivity contribution in [3.8, 4) is 0 Å².